The standard InChI is InChI=1S/C13H12N4O2/c14-13-15-12(16-17-13)11-6-5-10(19-11)9-3-1-8(7-18)2-4-9/h1-6,18H,7H2,(H3,14,15,16,17). The van der Waals surface area contributed by atoms with E-state index in [4.69, 9.17) is 15.3 Å². The Kier molecular flexibility index (Phi) is 2.77. The van der Waals surface area contributed by atoms with Crippen LogP contribution >= 0.6 is 0 Å². The minimum absolute atomic E-state index is 0.0288. The predicted octanol–water partition coefficient (Wildman–Crippen LogP) is 1.81. The second kappa shape index (κ2) is 4.58. The lowest BCUT2D eigenvalue weighted by Crippen LogP contribution is -1.85. The summed E-state index contributed by atoms with van der Waals surface area (Å²) in [6, 6.07) is 11.1. The van der Waals surface area contributed by atoms with Gasteiger partial charge in [-0.3, -0.25) is 5.10 Å². The molecule has 3 aromatic rings. The first-order valence-corrected chi connectivity index (χ1v) is 5.74. The zero-order valence-corrected chi connectivity index (χ0v) is 10.00. The van der Waals surface area contributed by atoms with Crippen molar-refractivity contribution in [3.05, 3.63) is 42.0 Å². The van der Waals surface area contributed by atoms with E-state index in [0.717, 1.165) is 16.9 Å². The zero-order chi connectivity index (χ0) is 13.2. The average Bonchev–Trinajstić information content (AvgIpc) is 3.07. The van der Waals surface area contributed by atoms with Crippen LogP contribution in [0.25, 0.3) is 22.9 Å². The van der Waals surface area contributed by atoms with E-state index >= 15 is 0 Å². The van der Waals surface area contributed by atoms with Gasteiger partial charge in [0.1, 0.15) is 5.76 Å². The van der Waals surface area contributed by atoms with Crippen molar-refractivity contribution in [3.8, 4) is 22.9 Å². The molecule has 0 amide bonds. The lowest BCUT2D eigenvalue weighted by Gasteiger charge is -1.99. The Morgan fingerprint density at radius 2 is 1.84 bits per heavy atom. The third kappa shape index (κ3) is 2.21. The number of aliphatic hydroxyl groups is 1. The molecule has 96 valence electrons. The third-order valence-corrected chi connectivity index (χ3v) is 2.76. The predicted molar refractivity (Wildman–Crippen MR) is 69.9 cm³/mol. The van der Waals surface area contributed by atoms with Gasteiger partial charge in [0, 0.05) is 5.56 Å². The number of H-pyrrole nitrogens is 1. The smallest absolute Gasteiger partial charge is 0.239 e. The van der Waals surface area contributed by atoms with Gasteiger partial charge < -0.3 is 15.3 Å². The van der Waals surface area contributed by atoms with Crippen LogP contribution in [-0.2, 0) is 6.61 Å². The van der Waals surface area contributed by atoms with Crippen LogP contribution in [0.5, 0.6) is 0 Å². The van der Waals surface area contributed by atoms with Crippen molar-refractivity contribution in [3.63, 3.8) is 0 Å². The van der Waals surface area contributed by atoms with E-state index in [9.17, 15) is 0 Å². The topological polar surface area (TPSA) is 101 Å². The number of hydrogen-bond acceptors (Lipinski definition) is 5. The number of aromatic nitrogens is 3. The third-order valence-electron chi connectivity index (χ3n) is 2.76. The second-order valence-electron chi connectivity index (χ2n) is 4.06. The molecule has 0 aliphatic carbocycles. The first kappa shape index (κ1) is 11.5. The minimum atomic E-state index is 0.0288. The van der Waals surface area contributed by atoms with Gasteiger partial charge in [0.15, 0.2) is 11.6 Å². The molecule has 1 aromatic carbocycles. The van der Waals surface area contributed by atoms with Crippen molar-refractivity contribution < 1.29 is 9.52 Å². The summed E-state index contributed by atoms with van der Waals surface area (Å²) < 4.78 is 5.69. The number of anilines is 1. The highest BCUT2D eigenvalue weighted by Crippen LogP contribution is 2.27. The Morgan fingerprint density at radius 3 is 2.47 bits per heavy atom. The molecule has 4 N–H and O–H groups in total. The molecular formula is C13H12N4O2. The van der Waals surface area contributed by atoms with Gasteiger partial charge in [-0.05, 0) is 17.7 Å². The lowest BCUT2D eigenvalue weighted by atomic mass is 10.1. The Labute approximate surface area is 108 Å². The number of aliphatic hydroxyl groups excluding tert-OH is 1. The highest BCUT2D eigenvalue weighted by Gasteiger charge is 2.10. The molecule has 19 heavy (non-hydrogen) atoms. The summed E-state index contributed by atoms with van der Waals surface area (Å²) in [7, 11) is 0. The molecule has 6 nitrogen and oxygen atoms in total. The van der Waals surface area contributed by atoms with Crippen molar-refractivity contribution in [1.82, 2.24) is 15.2 Å². The molecule has 0 unspecified atom stereocenters. The molecule has 0 aliphatic heterocycles. The Morgan fingerprint density at radius 1 is 1.11 bits per heavy atom. The van der Waals surface area contributed by atoms with E-state index in [-0.39, 0.29) is 12.6 Å². The molecule has 6 heteroatoms. The summed E-state index contributed by atoms with van der Waals surface area (Å²) in [5, 5.41) is 15.4. The molecule has 0 atom stereocenters. The fraction of sp³-hybridized carbons (Fsp3) is 0.0769. The molecule has 0 saturated heterocycles. The number of aromatic amines is 1. The molecule has 0 saturated carbocycles. The maximum Gasteiger partial charge on any atom is 0.239 e. The van der Waals surface area contributed by atoms with Gasteiger partial charge in [0.25, 0.3) is 0 Å². The van der Waals surface area contributed by atoms with E-state index in [1.807, 2.05) is 30.3 Å². The molecule has 2 aromatic heterocycles. The first-order chi connectivity index (χ1) is 9.26. The quantitative estimate of drug-likeness (QED) is 0.663. The maximum atomic E-state index is 9.00. The number of rotatable bonds is 3. The van der Waals surface area contributed by atoms with Crippen LogP contribution in [0.15, 0.2) is 40.8 Å². The number of nitrogens with one attached hydrogen (secondary N) is 1. The van der Waals surface area contributed by atoms with Crippen LogP contribution in [0.2, 0.25) is 0 Å². The van der Waals surface area contributed by atoms with Gasteiger partial charge in [-0.2, -0.15) is 4.98 Å². The summed E-state index contributed by atoms with van der Waals surface area (Å²) in [4.78, 5) is 4.00. The van der Waals surface area contributed by atoms with E-state index in [1.54, 1.807) is 6.07 Å². The first-order valence-electron chi connectivity index (χ1n) is 5.74. The lowest BCUT2D eigenvalue weighted by molar-refractivity contribution is 0.282. The fourth-order valence-corrected chi connectivity index (χ4v) is 1.78. The monoisotopic (exact) mass is 256 g/mol. The van der Waals surface area contributed by atoms with Crippen molar-refractivity contribution >= 4 is 5.95 Å². The van der Waals surface area contributed by atoms with Crippen molar-refractivity contribution in [1.29, 1.82) is 0 Å². The number of benzene rings is 1. The highest BCUT2D eigenvalue weighted by atomic mass is 16.3. The van der Waals surface area contributed by atoms with Gasteiger partial charge in [-0.25, -0.2) is 0 Å². The fourth-order valence-electron chi connectivity index (χ4n) is 1.78. The van der Waals surface area contributed by atoms with E-state index in [0.29, 0.717) is 11.6 Å². The van der Waals surface area contributed by atoms with Crippen LogP contribution in [0, 0.1) is 0 Å². The molecule has 0 aliphatic rings. The van der Waals surface area contributed by atoms with Gasteiger partial charge in [0.2, 0.25) is 5.95 Å². The van der Waals surface area contributed by atoms with Crippen LogP contribution in [-0.4, -0.2) is 20.3 Å². The molecule has 0 bridgehead atoms. The second-order valence-corrected chi connectivity index (χ2v) is 4.06. The van der Waals surface area contributed by atoms with E-state index in [2.05, 4.69) is 15.2 Å². The van der Waals surface area contributed by atoms with Crippen LogP contribution in [0.4, 0.5) is 5.95 Å². The number of nitrogen functional groups attached to an aromatic ring is 1. The molecule has 2 heterocycles. The average molecular weight is 256 g/mol. The van der Waals surface area contributed by atoms with Gasteiger partial charge >= 0.3 is 0 Å². The van der Waals surface area contributed by atoms with Crippen molar-refractivity contribution in [2.75, 3.05) is 5.73 Å². The normalized spacial score (nSPS) is 10.8. The van der Waals surface area contributed by atoms with Crippen LogP contribution in [0.1, 0.15) is 5.56 Å². The maximum absolute atomic E-state index is 9.00. The summed E-state index contributed by atoms with van der Waals surface area (Å²) in [6.07, 6.45) is 0. The van der Waals surface area contributed by atoms with Crippen LogP contribution < -0.4 is 5.73 Å². The Hall–Kier alpha value is -2.60. The highest BCUT2D eigenvalue weighted by molar-refractivity contribution is 5.62. The van der Waals surface area contributed by atoms with Gasteiger partial charge in [-0.15, -0.1) is 5.10 Å². The van der Waals surface area contributed by atoms with E-state index in [1.165, 1.54) is 0 Å². The molecule has 0 spiro atoms. The van der Waals surface area contributed by atoms with E-state index < -0.39 is 0 Å². The number of nitrogens with two attached hydrogens (primary N) is 1. The number of furan rings is 1. The molecule has 0 fully saturated rings. The number of nitrogens with zero attached hydrogens (tertiary/aromatic N) is 2. The van der Waals surface area contributed by atoms with Crippen molar-refractivity contribution in [2.45, 2.75) is 6.61 Å². The van der Waals surface area contributed by atoms with Gasteiger partial charge in [0.05, 0.1) is 6.61 Å². The SMILES string of the molecule is Nc1n[nH]c(-c2ccc(-c3ccc(CO)cc3)o2)n1. The zero-order valence-electron chi connectivity index (χ0n) is 10.00. The summed E-state index contributed by atoms with van der Waals surface area (Å²) in [6.45, 7) is 0.0288. The van der Waals surface area contributed by atoms with Crippen molar-refractivity contribution in [2.24, 2.45) is 0 Å². The Balaban J connectivity index is 1.91. The Bertz CT molecular complexity index is 685. The minimum Gasteiger partial charge on any atom is -0.453 e. The molecular weight excluding hydrogens is 244 g/mol. The van der Waals surface area contributed by atoms with Crippen LogP contribution in [0.3, 0.4) is 0 Å². The summed E-state index contributed by atoms with van der Waals surface area (Å²) in [5.41, 5.74) is 7.23. The van der Waals surface area contributed by atoms with Gasteiger partial charge in [-0.1, -0.05) is 24.3 Å². The summed E-state index contributed by atoms with van der Waals surface area (Å²) >= 11 is 0. The largest absolute Gasteiger partial charge is 0.453 e. The summed E-state index contributed by atoms with van der Waals surface area (Å²) in [5.74, 6) is 1.97. The molecule has 3 rings (SSSR count). The molecule has 0 radical (unpaired) electrons. The number of hydrogen-bond donors (Lipinski definition) is 3.